The van der Waals surface area contributed by atoms with Crippen LogP contribution < -0.4 is 10.6 Å². The zero-order valence-corrected chi connectivity index (χ0v) is 10.1. The molecule has 87 valence electrons. The first-order chi connectivity index (χ1) is 7.79. The molecule has 1 radical (unpaired) electrons. The van der Waals surface area contributed by atoms with Crippen LogP contribution in [-0.2, 0) is 0 Å². The number of nitrogens with one attached hydrogen (secondary N) is 1. The van der Waals surface area contributed by atoms with Gasteiger partial charge in [-0.15, -0.1) is 0 Å². The molecule has 0 aromatic heterocycles. The van der Waals surface area contributed by atoms with Crippen LogP contribution >= 0.6 is 0 Å². The van der Waals surface area contributed by atoms with Gasteiger partial charge in [-0.1, -0.05) is 30.3 Å². The molecule has 2 rings (SSSR count). The van der Waals surface area contributed by atoms with Crippen LogP contribution in [0.3, 0.4) is 0 Å². The summed E-state index contributed by atoms with van der Waals surface area (Å²) >= 11 is 0. The maximum atomic E-state index is 4.72. The van der Waals surface area contributed by atoms with E-state index in [1.54, 1.807) is 0 Å². The van der Waals surface area contributed by atoms with Crippen molar-refractivity contribution in [2.24, 2.45) is 0 Å². The van der Waals surface area contributed by atoms with E-state index in [1.165, 1.54) is 5.56 Å². The standard InChI is InChI=1S/C13H20N3/c1-16(2)13(11-6-4-3-5-7-11)12-10-14-8-9-15-12/h3-7,12-14H,8-10H2,1-2H3. The predicted octanol–water partition coefficient (Wildman–Crippen LogP) is 0.865. The van der Waals surface area contributed by atoms with Gasteiger partial charge in [0.2, 0.25) is 0 Å². The van der Waals surface area contributed by atoms with Gasteiger partial charge in [0.1, 0.15) is 0 Å². The number of nitrogens with zero attached hydrogens (tertiary/aromatic N) is 2. The minimum atomic E-state index is 0.367. The lowest BCUT2D eigenvalue weighted by Crippen LogP contribution is -2.50. The molecule has 2 atom stereocenters. The Hall–Kier alpha value is -0.900. The zero-order chi connectivity index (χ0) is 11.4. The van der Waals surface area contributed by atoms with Crippen LogP contribution in [0.4, 0.5) is 0 Å². The molecule has 0 bridgehead atoms. The lowest BCUT2D eigenvalue weighted by atomic mass is 9.97. The van der Waals surface area contributed by atoms with E-state index in [0.29, 0.717) is 12.1 Å². The maximum Gasteiger partial charge on any atom is 0.0568 e. The first-order valence-corrected chi connectivity index (χ1v) is 5.88. The van der Waals surface area contributed by atoms with Crippen LogP contribution in [0, 0.1) is 0 Å². The summed E-state index contributed by atoms with van der Waals surface area (Å²) in [4.78, 5) is 2.26. The summed E-state index contributed by atoms with van der Waals surface area (Å²) in [7, 11) is 4.25. The minimum absolute atomic E-state index is 0.367. The highest BCUT2D eigenvalue weighted by Gasteiger charge is 2.26. The van der Waals surface area contributed by atoms with Crippen molar-refractivity contribution in [3.05, 3.63) is 35.9 Å². The van der Waals surface area contributed by atoms with E-state index >= 15 is 0 Å². The highest BCUT2D eigenvalue weighted by Crippen LogP contribution is 2.22. The van der Waals surface area contributed by atoms with Crippen molar-refractivity contribution in [2.45, 2.75) is 12.1 Å². The summed E-state index contributed by atoms with van der Waals surface area (Å²) < 4.78 is 0. The molecule has 0 spiro atoms. The Kier molecular flexibility index (Phi) is 3.93. The van der Waals surface area contributed by atoms with Crippen molar-refractivity contribution in [1.29, 1.82) is 0 Å². The SMILES string of the molecule is CN(C)C(c1ccccc1)C1CNCC[N]1. The number of rotatable bonds is 3. The third-order valence-corrected chi connectivity index (χ3v) is 3.07. The molecular formula is C13H20N3. The number of piperazine rings is 1. The van der Waals surface area contributed by atoms with E-state index in [4.69, 9.17) is 5.32 Å². The first kappa shape index (κ1) is 11.6. The zero-order valence-electron chi connectivity index (χ0n) is 10.1. The van der Waals surface area contributed by atoms with E-state index in [0.717, 1.165) is 19.6 Å². The molecule has 1 fully saturated rings. The fourth-order valence-corrected chi connectivity index (χ4v) is 2.35. The van der Waals surface area contributed by atoms with Crippen LogP contribution in [0.5, 0.6) is 0 Å². The van der Waals surface area contributed by atoms with Crippen molar-refractivity contribution in [3.8, 4) is 0 Å². The van der Waals surface area contributed by atoms with E-state index in [-0.39, 0.29) is 0 Å². The van der Waals surface area contributed by atoms with Gasteiger partial charge in [0.25, 0.3) is 0 Å². The number of hydrogen-bond acceptors (Lipinski definition) is 2. The largest absolute Gasteiger partial charge is 0.314 e. The molecule has 2 unspecified atom stereocenters. The van der Waals surface area contributed by atoms with Crippen LogP contribution in [0.15, 0.2) is 30.3 Å². The third-order valence-electron chi connectivity index (χ3n) is 3.07. The van der Waals surface area contributed by atoms with Crippen LogP contribution in [0.2, 0.25) is 0 Å². The van der Waals surface area contributed by atoms with Crippen molar-refractivity contribution >= 4 is 0 Å². The Morgan fingerprint density at radius 1 is 1.31 bits per heavy atom. The highest BCUT2D eigenvalue weighted by molar-refractivity contribution is 5.21. The van der Waals surface area contributed by atoms with Crippen LogP contribution in [0.1, 0.15) is 11.6 Å². The van der Waals surface area contributed by atoms with Gasteiger partial charge >= 0.3 is 0 Å². The molecule has 0 aliphatic carbocycles. The summed E-state index contributed by atoms with van der Waals surface area (Å²) in [5.41, 5.74) is 1.35. The lowest BCUT2D eigenvalue weighted by molar-refractivity contribution is 0.210. The van der Waals surface area contributed by atoms with Crippen LogP contribution in [0.25, 0.3) is 0 Å². The van der Waals surface area contributed by atoms with Crippen molar-refractivity contribution in [1.82, 2.24) is 15.5 Å². The first-order valence-electron chi connectivity index (χ1n) is 5.88. The predicted molar refractivity (Wildman–Crippen MR) is 66.5 cm³/mol. The van der Waals surface area contributed by atoms with Crippen molar-refractivity contribution in [3.63, 3.8) is 0 Å². The molecule has 1 heterocycles. The molecule has 1 aliphatic heterocycles. The summed E-state index contributed by atoms with van der Waals surface area (Å²) in [5, 5.41) is 8.14. The topological polar surface area (TPSA) is 29.4 Å². The Balaban J connectivity index is 2.16. The smallest absolute Gasteiger partial charge is 0.0568 e. The Morgan fingerprint density at radius 3 is 2.62 bits per heavy atom. The summed E-state index contributed by atoms with van der Waals surface area (Å²) in [6.07, 6.45) is 0. The second-order valence-corrected chi connectivity index (χ2v) is 4.50. The molecule has 1 aliphatic rings. The molecule has 1 aromatic rings. The van der Waals surface area contributed by atoms with Gasteiger partial charge in [-0.3, -0.25) is 0 Å². The molecule has 1 saturated heterocycles. The average Bonchev–Trinajstić information content (AvgIpc) is 2.31. The van der Waals surface area contributed by atoms with Gasteiger partial charge in [-0.25, -0.2) is 5.32 Å². The van der Waals surface area contributed by atoms with E-state index < -0.39 is 0 Å². The summed E-state index contributed by atoms with van der Waals surface area (Å²) in [6, 6.07) is 11.4. The molecular weight excluding hydrogens is 198 g/mol. The van der Waals surface area contributed by atoms with Gasteiger partial charge < -0.3 is 10.2 Å². The second-order valence-electron chi connectivity index (χ2n) is 4.50. The molecule has 3 nitrogen and oxygen atoms in total. The quantitative estimate of drug-likeness (QED) is 0.815. The molecule has 0 amide bonds. The van der Waals surface area contributed by atoms with Crippen molar-refractivity contribution < 1.29 is 0 Å². The van der Waals surface area contributed by atoms with Gasteiger partial charge in [0, 0.05) is 19.6 Å². The summed E-state index contributed by atoms with van der Waals surface area (Å²) in [5.74, 6) is 0. The van der Waals surface area contributed by atoms with E-state index in [2.05, 4.69) is 54.6 Å². The van der Waals surface area contributed by atoms with Gasteiger partial charge in [-0.05, 0) is 19.7 Å². The Morgan fingerprint density at radius 2 is 2.06 bits per heavy atom. The number of hydrogen-bond donors (Lipinski definition) is 1. The third kappa shape index (κ3) is 2.61. The van der Waals surface area contributed by atoms with Gasteiger partial charge in [-0.2, -0.15) is 0 Å². The number of benzene rings is 1. The van der Waals surface area contributed by atoms with E-state index in [9.17, 15) is 0 Å². The maximum absolute atomic E-state index is 4.72. The normalized spacial score (nSPS) is 23.3. The molecule has 3 heteroatoms. The van der Waals surface area contributed by atoms with Crippen molar-refractivity contribution in [2.75, 3.05) is 33.7 Å². The van der Waals surface area contributed by atoms with Gasteiger partial charge in [0.15, 0.2) is 0 Å². The average molecular weight is 218 g/mol. The second kappa shape index (κ2) is 5.43. The van der Waals surface area contributed by atoms with Gasteiger partial charge in [0.05, 0.1) is 12.1 Å². The Bertz CT molecular complexity index is 304. The van der Waals surface area contributed by atoms with Crippen LogP contribution in [-0.4, -0.2) is 44.7 Å². The molecule has 1 aromatic carbocycles. The fourth-order valence-electron chi connectivity index (χ4n) is 2.35. The number of likely N-dealkylation sites (N-methyl/N-ethyl adjacent to an activating group) is 1. The minimum Gasteiger partial charge on any atom is -0.314 e. The summed E-state index contributed by atoms with van der Waals surface area (Å²) in [6.45, 7) is 2.94. The monoisotopic (exact) mass is 218 g/mol. The van der Waals surface area contributed by atoms with E-state index in [1.807, 2.05) is 0 Å². The molecule has 16 heavy (non-hydrogen) atoms. The molecule has 0 saturated carbocycles. The molecule has 1 N–H and O–H groups in total. The highest BCUT2D eigenvalue weighted by atomic mass is 15.2. The fraction of sp³-hybridized carbons (Fsp3) is 0.538. The lowest BCUT2D eigenvalue weighted by Gasteiger charge is -2.35. The Labute approximate surface area is 97.8 Å².